The van der Waals surface area contributed by atoms with Crippen molar-refractivity contribution < 1.29 is 9.53 Å². The number of aromatic nitrogens is 3. The van der Waals surface area contributed by atoms with Crippen molar-refractivity contribution in [1.29, 1.82) is 0 Å². The lowest BCUT2D eigenvalue weighted by atomic mass is 9.97. The quantitative estimate of drug-likeness (QED) is 0.795. The summed E-state index contributed by atoms with van der Waals surface area (Å²) in [5, 5.41) is 7.64. The average molecular weight is 250 g/mol. The van der Waals surface area contributed by atoms with Crippen molar-refractivity contribution in [2.45, 2.75) is 49.7 Å². The molecule has 6 nitrogen and oxygen atoms in total. The molecule has 2 aliphatic carbocycles. The van der Waals surface area contributed by atoms with Gasteiger partial charge in [0.25, 0.3) is 0 Å². The zero-order chi connectivity index (χ0) is 12.6. The Bertz CT molecular complexity index is 429. The molecule has 1 N–H and O–H groups in total. The largest absolute Gasteiger partial charge is 0.468 e. The normalized spacial score (nSPS) is 31.5. The van der Waals surface area contributed by atoms with Gasteiger partial charge in [0.15, 0.2) is 0 Å². The van der Waals surface area contributed by atoms with Crippen molar-refractivity contribution in [2.75, 3.05) is 7.11 Å². The number of rotatable bonds is 4. The fourth-order valence-electron chi connectivity index (χ4n) is 2.84. The summed E-state index contributed by atoms with van der Waals surface area (Å²) in [6, 6.07) is 0.719. The Morgan fingerprint density at radius 1 is 1.50 bits per heavy atom. The summed E-state index contributed by atoms with van der Waals surface area (Å²) in [5.74, 6) is -0.142. The molecule has 1 aromatic heterocycles. The lowest BCUT2D eigenvalue weighted by Gasteiger charge is -2.27. The van der Waals surface area contributed by atoms with Crippen LogP contribution in [0.2, 0.25) is 0 Å². The van der Waals surface area contributed by atoms with E-state index in [0.717, 1.165) is 32.1 Å². The molecule has 2 aliphatic rings. The lowest BCUT2D eigenvalue weighted by Crippen LogP contribution is -2.51. The van der Waals surface area contributed by atoms with E-state index in [-0.39, 0.29) is 12.0 Å². The molecule has 2 unspecified atom stereocenters. The van der Waals surface area contributed by atoms with Crippen molar-refractivity contribution in [2.24, 2.45) is 0 Å². The van der Waals surface area contributed by atoms with Crippen molar-refractivity contribution in [3.8, 4) is 0 Å². The first-order valence-corrected chi connectivity index (χ1v) is 6.44. The van der Waals surface area contributed by atoms with Gasteiger partial charge in [-0.25, -0.2) is 9.67 Å². The lowest BCUT2D eigenvalue weighted by molar-refractivity contribution is -0.148. The van der Waals surface area contributed by atoms with Gasteiger partial charge < -0.3 is 4.74 Å². The summed E-state index contributed by atoms with van der Waals surface area (Å²) < 4.78 is 6.83. The third-order valence-corrected chi connectivity index (χ3v) is 3.93. The van der Waals surface area contributed by atoms with Gasteiger partial charge in [-0.2, -0.15) is 5.10 Å². The van der Waals surface area contributed by atoms with Crippen molar-refractivity contribution in [3.05, 3.63) is 12.7 Å². The van der Waals surface area contributed by atoms with E-state index < -0.39 is 5.54 Å². The number of nitrogens with one attached hydrogen (secondary N) is 1. The van der Waals surface area contributed by atoms with Crippen molar-refractivity contribution in [3.63, 3.8) is 0 Å². The second-order valence-electron chi connectivity index (χ2n) is 5.26. The SMILES string of the molecule is COC(=O)C1(NC2CC2)CCC(n2cncn2)C1. The van der Waals surface area contributed by atoms with Gasteiger partial charge in [-0.3, -0.25) is 10.1 Å². The molecule has 0 spiro atoms. The molecule has 2 fully saturated rings. The predicted molar refractivity (Wildman–Crippen MR) is 63.8 cm³/mol. The van der Waals surface area contributed by atoms with Crippen molar-refractivity contribution >= 4 is 5.97 Å². The molecule has 98 valence electrons. The second-order valence-corrected chi connectivity index (χ2v) is 5.26. The van der Waals surface area contributed by atoms with Crippen LogP contribution in [0.1, 0.15) is 38.1 Å². The number of nitrogens with zero attached hydrogens (tertiary/aromatic N) is 3. The number of hydrogen-bond acceptors (Lipinski definition) is 5. The van der Waals surface area contributed by atoms with Crippen LogP contribution in [0.5, 0.6) is 0 Å². The average Bonchev–Trinajstić information content (AvgIpc) is 2.88. The van der Waals surface area contributed by atoms with Gasteiger partial charge in [0.2, 0.25) is 0 Å². The Labute approximate surface area is 106 Å². The number of carbonyl (C=O) groups is 1. The second kappa shape index (κ2) is 4.35. The number of methoxy groups -OCH3 is 1. The van der Waals surface area contributed by atoms with E-state index in [1.807, 2.05) is 4.68 Å². The van der Waals surface area contributed by atoms with Crippen LogP contribution in [0.15, 0.2) is 12.7 Å². The van der Waals surface area contributed by atoms with Crippen LogP contribution in [-0.2, 0) is 9.53 Å². The van der Waals surface area contributed by atoms with Crippen LogP contribution in [-0.4, -0.2) is 39.4 Å². The monoisotopic (exact) mass is 250 g/mol. The molecular formula is C12H18N4O2. The highest BCUT2D eigenvalue weighted by Gasteiger charge is 2.49. The Hall–Kier alpha value is -1.43. The van der Waals surface area contributed by atoms with Crippen LogP contribution in [0, 0.1) is 0 Å². The molecule has 2 saturated carbocycles. The third-order valence-electron chi connectivity index (χ3n) is 3.93. The van der Waals surface area contributed by atoms with E-state index in [0.29, 0.717) is 6.04 Å². The highest BCUT2D eigenvalue weighted by atomic mass is 16.5. The maximum absolute atomic E-state index is 12.1. The minimum absolute atomic E-state index is 0.142. The van der Waals surface area contributed by atoms with E-state index in [9.17, 15) is 4.79 Å². The van der Waals surface area contributed by atoms with Crippen LogP contribution in [0.3, 0.4) is 0 Å². The van der Waals surface area contributed by atoms with Crippen LogP contribution in [0.25, 0.3) is 0 Å². The predicted octanol–water partition coefficient (Wildman–Crippen LogP) is 0.667. The first kappa shape index (κ1) is 11.6. The Morgan fingerprint density at radius 3 is 2.94 bits per heavy atom. The molecule has 18 heavy (non-hydrogen) atoms. The molecule has 2 atom stereocenters. The minimum atomic E-state index is -0.521. The van der Waals surface area contributed by atoms with Gasteiger partial charge in [-0.1, -0.05) is 0 Å². The first-order valence-electron chi connectivity index (χ1n) is 6.44. The van der Waals surface area contributed by atoms with E-state index in [1.165, 1.54) is 13.4 Å². The Morgan fingerprint density at radius 2 is 2.33 bits per heavy atom. The molecule has 0 amide bonds. The summed E-state index contributed by atoms with van der Waals surface area (Å²) in [6.07, 6.45) is 8.04. The molecule has 0 aliphatic heterocycles. The van der Waals surface area contributed by atoms with Crippen molar-refractivity contribution in [1.82, 2.24) is 20.1 Å². The van der Waals surface area contributed by atoms with Crippen LogP contribution < -0.4 is 5.32 Å². The molecule has 3 rings (SSSR count). The highest BCUT2D eigenvalue weighted by Crippen LogP contribution is 2.40. The molecule has 0 bridgehead atoms. The standard InChI is InChI=1S/C12H18N4O2/c1-18-11(17)12(15-9-2-3-9)5-4-10(6-12)16-8-13-7-14-16/h7-10,15H,2-6H2,1H3. The maximum atomic E-state index is 12.1. The summed E-state index contributed by atoms with van der Waals surface area (Å²) >= 11 is 0. The Kier molecular flexibility index (Phi) is 2.81. The summed E-state index contributed by atoms with van der Waals surface area (Å²) in [4.78, 5) is 16.1. The van der Waals surface area contributed by atoms with Gasteiger partial charge >= 0.3 is 5.97 Å². The van der Waals surface area contributed by atoms with Gasteiger partial charge in [-0.05, 0) is 32.1 Å². The molecule has 6 heteroatoms. The van der Waals surface area contributed by atoms with Crippen LogP contribution >= 0.6 is 0 Å². The molecule has 0 radical (unpaired) electrons. The van der Waals surface area contributed by atoms with Gasteiger partial charge in [-0.15, -0.1) is 0 Å². The highest BCUT2D eigenvalue weighted by molar-refractivity contribution is 5.81. The summed E-state index contributed by atoms with van der Waals surface area (Å²) in [7, 11) is 1.46. The molecule has 0 aromatic carbocycles. The van der Waals surface area contributed by atoms with E-state index in [4.69, 9.17) is 4.74 Å². The zero-order valence-electron chi connectivity index (χ0n) is 10.5. The van der Waals surface area contributed by atoms with E-state index >= 15 is 0 Å². The number of hydrogen-bond donors (Lipinski definition) is 1. The van der Waals surface area contributed by atoms with Gasteiger partial charge in [0, 0.05) is 6.04 Å². The number of ether oxygens (including phenoxy) is 1. The first-order chi connectivity index (χ1) is 8.73. The fourth-order valence-corrected chi connectivity index (χ4v) is 2.84. The molecule has 0 saturated heterocycles. The topological polar surface area (TPSA) is 69.0 Å². The Balaban J connectivity index is 1.77. The van der Waals surface area contributed by atoms with E-state index in [2.05, 4.69) is 15.4 Å². The van der Waals surface area contributed by atoms with Gasteiger partial charge in [0.05, 0.1) is 13.2 Å². The fraction of sp³-hybridized carbons (Fsp3) is 0.750. The molecule has 1 aromatic rings. The third kappa shape index (κ3) is 2.01. The smallest absolute Gasteiger partial charge is 0.326 e. The van der Waals surface area contributed by atoms with E-state index in [1.54, 1.807) is 6.33 Å². The zero-order valence-corrected chi connectivity index (χ0v) is 10.5. The minimum Gasteiger partial charge on any atom is -0.468 e. The maximum Gasteiger partial charge on any atom is 0.326 e. The summed E-state index contributed by atoms with van der Waals surface area (Å²) in [6.45, 7) is 0. The van der Waals surface area contributed by atoms with Crippen LogP contribution in [0.4, 0.5) is 0 Å². The number of carbonyl (C=O) groups excluding carboxylic acids is 1. The number of esters is 1. The summed E-state index contributed by atoms with van der Waals surface area (Å²) in [5.41, 5.74) is -0.521. The van der Waals surface area contributed by atoms with Gasteiger partial charge in [0.1, 0.15) is 18.2 Å². The molecule has 1 heterocycles. The molecular weight excluding hydrogens is 232 g/mol.